The highest BCUT2D eigenvalue weighted by atomic mass is 35.5. The van der Waals surface area contributed by atoms with Crippen molar-refractivity contribution in [1.29, 1.82) is 0 Å². The van der Waals surface area contributed by atoms with Crippen molar-refractivity contribution >= 4 is 23.1 Å². The molecule has 0 saturated heterocycles. The molecule has 4 heteroatoms. The van der Waals surface area contributed by atoms with Crippen molar-refractivity contribution < 1.29 is 4.39 Å². The fourth-order valence-electron chi connectivity index (χ4n) is 1.28. The molecule has 0 spiro atoms. The SMILES string of the molecule is Cc1ccc(Nc2ncc(Cl)cc2F)cc1. The van der Waals surface area contributed by atoms with Crippen LogP contribution < -0.4 is 5.32 Å². The summed E-state index contributed by atoms with van der Waals surface area (Å²) in [4.78, 5) is 3.88. The Morgan fingerprint density at radius 2 is 1.94 bits per heavy atom. The van der Waals surface area contributed by atoms with Gasteiger partial charge in [-0.3, -0.25) is 0 Å². The van der Waals surface area contributed by atoms with Gasteiger partial charge < -0.3 is 5.32 Å². The van der Waals surface area contributed by atoms with Gasteiger partial charge >= 0.3 is 0 Å². The summed E-state index contributed by atoms with van der Waals surface area (Å²) in [5.74, 6) is -0.290. The third-order valence-corrected chi connectivity index (χ3v) is 2.33. The molecule has 0 atom stereocenters. The smallest absolute Gasteiger partial charge is 0.167 e. The molecule has 16 heavy (non-hydrogen) atoms. The molecule has 0 radical (unpaired) electrons. The number of nitrogens with zero attached hydrogens (tertiary/aromatic N) is 1. The maximum atomic E-state index is 13.4. The minimum atomic E-state index is -0.465. The van der Waals surface area contributed by atoms with Gasteiger partial charge in [0.1, 0.15) is 0 Å². The first-order valence-electron chi connectivity index (χ1n) is 4.80. The zero-order chi connectivity index (χ0) is 11.5. The maximum absolute atomic E-state index is 13.4. The van der Waals surface area contributed by atoms with Crippen LogP contribution in [0, 0.1) is 12.7 Å². The summed E-state index contributed by atoms with van der Waals surface area (Å²) in [7, 11) is 0. The number of hydrogen-bond acceptors (Lipinski definition) is 2. The molecule has 0 aliphatic heterocycles. The van der Waals surface area contributed by atoms with Crippen LogP contribution in [-0.2, 0) is 0 Å². The fourth-order valence-corrected chi connectivity index (χ4v) is 1.42. The predicted molar refractivity (Wildman–Crippen MR) is 63.7 cm³/mol. The Morgan fingerprint density at radius 3 is 2.56 bits per heavy atom. The lowest BCUT2D eigenvalue weighted by atomic mass is 10.2. The number of aryl methyl sites for hydroxylation is 1. The lowest BCUT2D eigenvalue weighted by molar-refractivity contribution is 0.626. The van der Waals surface area contributed by atoms with Crippen molar-refractivity contribution in [3.63, 3.8) is 0 Å². The Labute approximate surface area is 98.1 Å². The van der Waals surface area contributed by atoms with Gasteiger partial charge in [-0.25, -0.2) is 9.37 Å². The van der Waals surface area contributed by atoms with E-state index in [1.807, 2.05) is 31.2 Å². The Kier molecular flexibility index (Phi) is 3.06. The predicted octanol–water partition coefficient (Wildman–Crippen LogP) is 3.93. The van der Waals surface area contributed by atoms with E-state index in [0.717, 1.165) is 11.3 Å². The summed E-state index contributed by atoms with van der Waals surface area (Å²) in [6, 6.07) is 8.84. The highest BCUT2D eigenvalue weighted by Gasteiger charge is 2.04. The van der Waals surface area contributed by atoms with E-state index in [0.29, 0.717) is 0 Å². The second-order valence-electron chi connectivity index (χ2n) is 3.47. The number of rotatable bonds is 2. The largest absolute Gasteiger partial charge is 0.338 e. The second kappa shape index (κ2) is 4.49. The molecule has 0 fully saturated rings. The van der Waals surface area contributed by atoms with E-state index in [-0.39, 0.29) is 10.8 Å². The van der Waals surface area contributed by atoms with Gasteiger partial charge in [0, 0.05) is 11.9 Å². The summed E-state index contributed by atoms with van der Waals surface area (Å²) in [6.07, 6.45) is 1.40. The van der Waals surface area contributed by atoms with Crippen molar-refractivity contribution in [3.8, 4) is 0 Å². The van der Waals surface area contributed by atoms with Gasteiger partial charge in [0.05, 0.1) is 5.02 Å². The normalized spacial score (nSPS) is 10.2. The Balaban J connectivity index is 2.23. The van der Waals surface area contributed by atoms with Crippen molar-refractivity contribution in [1.82, 2.24) is 4.98 Å². The van der Waals surface area contributed by atoms with Crippen molar-refractivity contribution in [2.24, 2.45) is 0 Å². The molecule has 1 aromatic carbocycles. The first-order valence-corrected chi connectivity index (χ1v) is 5.18. The van der Waals surface area contributed by atoms with E-state index in [1.165, 1.54) is 12.3 Å². The molecule has 1 aromatic heterocycles. The van der Waals surface area contributed by atoms with Crippen LogP contribution in [0.3, 0.4) is 0 Å². The highest BCUT2D eigenvalue weighted by molar-refractivity contribution is 6.30. The number of nitrogens with one attached hydrogen (secondary N) is 1. The molecule has 2 aromatic rings. The van der Waals surface area contributed by atoms with Gasteiger partial charge in [-0.2, -0.15) is 0 Å². The first-order chi connectivity index (χ1) is 7.65. The Bertz CT molecular complexity index is 497. The van der Waals surface area contributed by atoms with Gasteiger partial charge in [-0.15, -0.1) is 0 Å². The summed E-state index contributed by atoms with van der Waals surface area (Å²) in [5, 5.41) is 3.17. The van der Waals surface area contributed by atoms with E-state index in [9.17, 15) is 4.39 Å². The second-order valence-corrected chi connectivity index (χ2v) is 3.91. The standard InChI is InChI=1S/C12H10ClFN2/c1-8-2-4-10(5-3-8)16-12-11(14)6-9(13)7-15-12/h2-7H,1H3,(H,15,16). The minimum absolute atomic E-state index is 0.174. The topological polar surface area (TPSA) is 24.9 Å². The van der Waals surface area contributed by atoms with E-state index in [1.54, 1.807) is 0 Å². The average Bonchev–Trinajstić information content (AvgIpc) is 2.25. The monoisotopic (exact) mass is 236 g/mol. The molecule has 2 nitrogen and oxygen atoms in total. The first kappa shape index (κ1) is 10.9. The Morgan fingerprint density at radius 1 is 1.25 bits per heavy atom. The number of hydrogen-bond donors (Lipinski definition) is 1. The molecule has 0 saturated carbocycles. The fraction of sp³-hybridized carbons (Fsp3) is 0.0833. The van der Waals surface area contributed by atoms with Crippen molar-refractivity contribution in [3.05, 3.63) is 52.9 Å². The molecule has 0 bridgehead atoms. The lowest BCUT2D eigenvalue weighted by Crippen LogP contribution is -1.96. The Hall–Kier alpha value is -1.61. The van der Waals surface area contributed by atoms with Gasteiger partial charge in [-0.1, -0.05) is 29.3 Å². The summed E-state index contributed by atoms with van der Waals surface area (Å²) >= 11 is 5.61. The number of aromatic nitrogens is 1. The lowest BCUT2D eigenvalue weighted by Gasteiger charge is -2.06. The number of halogens is 2. The van der Waals surface area contributed by atoms with Crippen LogP contribution in [0.5, 0.6) is 0 Å². The maximum Gasteiger partial charge on any atom is 0.167 e. The third kappa shape index (κ3) is 2.49. The van der Waals surface area contributed by atoms with E-state index < -0.39 is 5.82 Å². The molecule has 0 amide bonds. The van der Waals surface area contributed by atoms with Crippen LogP contribution in [0.4, 0.5) is 15.9 Å². The molecule has 2 rings (SSSR count). The molecule has 0 aliphatic carbocycles. The zero-order valence-electron chi connectivity index (χ0n) is 8.67. The molecule has 82 valence electrons. The van der Waals surface area contributed by atoms with Crippen LogP contribution in [-0.4, -0.2) is 4.98 Å². The van der Waals surface area contributed by atoms with Gasteiger partial charge in [0.15, 0.2) is 11.6 Å². The quantitative estimate of drug-likeness (QED) is 0.855. The van der Waals surface area contributed by atoms with Gasteiger partial charge in [0.2, 0.25) is 0 Å². The molecule has 1 heterocycles. The van der Waals surface area contributed by atoms with Crippen LogP contribution in [0.1, 0.15) is 5.56 Å². The van der Waals surface area contributed by atoms with E-state index in [2.05, 4.69) is 10.3 Å². The minimum Gasteiger partial charge on any atom is -0.338 e. The van der Waals surface area contributed by atoms with Gasteiger partial charge in [-0.05, 0) is 25.1 Å². The molecule has 0 aliphatic rings. The van der Waals surface area contributed by atoms with Crippen LogP contribution in [0.25, 0.3) is 0 Å². The van der Waals surface area contributed by atoms with Crippen molar-refractivity contribution in [2.75, 3.05) is 5.32 Å². The molecule has 1 N–H and O–H groups in total. The van der Waals surface area contributed by atoms with Crippen LogP contribution in [0.15, 0.2) is 36.5 Å². The van der Waals surface area contributed by atoms with Gasteiger partial charge in [0.25, 0.3) is 0 Å². The summed E-state index contributed by atoms with van der Waals surface area (Å²) < 4.78 is 13.4. The number of benzene rings is 1. The average molecular weight is 237 g/mol. The van der Waals surface area contributed by atoms with Crippen molar-refractivity contribution in [2.45, 2.75) is 6.92 Å². The summed E-state index contributed by atoms with van der Waals surface area (Å²) in [6.45, 7) is 1.99. The summed E-state index contributed by atoms with van der Waals surface area (Å²) in [5.41, 5.74) is 1.94. The van der Waals surface area contributed by atoms with E-state index >= 15 is 0 Å². The molecular weight excluding hydrogens is 227 g/mol. The van der Waals surface area contributed by atoms with E-state index in [4.69, 9.17) is 11.6 Å². The number of anilines is 2. The zero-order valence-corrected chi connectivity index (χ0v) is 9.42. The van der Waals surface area contributed by atoms with Crippen LogP contribution in [0.2, 0.25) is 5.02 Å². The molecule has 0 unspecified atom stereocenters. The highest BCUT2D eigenvalue weighted by Crippen LogP contribution is 2.20. The molecular formula is C12H10ClFN2. The third-order valence-electron chi connectivity index (χ3n) is 2.12. The van der Waals surface area contributed by atoms with Crippen LogP contribution >= 0.6 is 11.6 Å². The number of pyridine rings is 1.